The summed E-state index contributed by atoms with van der Waals surface area (Å²) in [7, 11) is 5.46. The molecule has 0 spiro atoms. The largest absolute Gasteiger partial charge is 0.493 e. The van der Waals surface area contributed by atoms with Gasteiger partial charge in [0.25, 0.3) is 0 Å². The third-order valence-electron chi connectivity index (χ3n) is 4.85. The summed E-state index contributed by atoms with van der Waals surface area (Å²) in [6.07, 6.45) is 6.74. The van der Waals surface area contributed by atoms with Crippen molar-refractivity contribution >= 4 is 29.9 Å². The molecule has 26 heavy (non-hydrogen) atoms. The van der Waals surface area contributed by atoms with Crippen LogP contribution in [0.4, 0.5) is 0 Å². The Bertz CT molecular complexity index is 562. The summed E-state index contributed by atoms with van der Waals surface area (Å²) in [6, 6.07) is 6.49. The quantitative estimate of drug-likeness (QED) is 0.343. The van der Waals surface area contributed by atoms with E-state index in [1.165, 1.54) is 32.1 Å². The average Bonchev–Trinajstić information content (AvgIpc) is 2.66. The molecule has 1 aliphatic carbocycles. The summed E-state index contributed by atoms with van der Waals surface area (Å²) in [4.78, 5) is 6.84. The van der Waals surface area contributed by atoms with Crippen molar-refractivity contribution in [1.82, 2.24) is 10.2 Å². The van der Waals surface area contributed by atoms with Crippen molar-refractivity contribution in [2.24, 2.45) is 10.7 Å². The number of halogens is 1. The highest BCUT2D eigenvalue weighted by atomic mass is 127. The van der Waals surface area contributed by atoms with Crippen molar-refractivity contribution < 1.29 is 9.47 Å². The van der Waals surface area contributed by atoms with Crippen LogP contribution in [-0.2, 0) is 6.54 Å². The standard InChI is InChI=1S/C19H32N4O2.HI/c1-23(16-7-5-4-6-8-16)12-11-21-19(20)22-14-15-9-10-17(24-2)18(13-15)25-3;/h9-10,13,16H,4-8,11-12,14H2,1-3H3,(H3,20,21,22);1H. The van der Waals surface area contributed by atoms with Gasteiger partial charge in [-0.2, -0.15) is 0 Å². The maximum atomic E-state index is 5.98. The number of benzene rings is 1. The molecule has 1 aromatic carbocycles. The molecule has 6 nitrogen and oxygen atoms in total. The topological polar surface area (TPSA) is 72.1 Å². The maximum Gasteiger partial charge on any atom is 0.188 e. The predicted molar refractivity (Wildman–Crippen MR) is 118 cm³/mol. The van der Waals surface area contributed by atoms with E-state index in [0.717, 1.165) is 24.7 Å². The van der Waals surface area contributed by atoms with Crippen molar-refractivity contribution in [2.45, 2.75) is 44.7 Å². The molecule has 0 unspecified atom stereocenters. The summed E-state index contributed by atoms with van der Waals surface area (Å²) in [5.74, 6) is 1.90. The normalized spacial score (nSPS) is 15.5. The molecule has 1 aromatic rings. The molecule has 1 saturated carbocycles. The highest BCUT2D eigenvalue weighted by Crippen LogP contribution is 2.27. The molecule has 0 aromatic heterocycles. The second-order valence-corrected chi connectivity index (χ2v) is 6.59. The summed E-state index contributed by atoms with van der Waals surface area (Å²) >= 11 is 0. The number of likely N-dealkylation sites (N-methyl/N-ethyl adjacent to an activating group) is 1. The third-order valence-corrected chi connectivity index (χ3v) is 4.85. The monoisotopic (exact) mass is 476 g/mol. The number of hydrogen-bond acceptors (Lipinski definition) is 4. The van der Waals surface area contributed by atoms with Gasteiger partial charge in [-0.15, -0.1) is 24.0 Å². The maximum absolute atomic E-state index is 5.98. The number of hydrogen-bond donors (Lipinski definition) is 2. The molecule has 0 bridgehead atoms. The van der Waals surface area contributed by atoms with Crippen molar-refractivity contribution in [3.05, 3.63) is 23.8 Å². The van der Waals surface area contributed by atoms with E-state index in [2.05, 4.69) is 22.3 Å². The minimum Gasteiger partial charge on any atom is -0.493 e. The van der Waals surface area contributed by atoms with Crippen LogP contribution in [0.25, 0.3) is 0 Å². The van der Waals surface area contributed by atoms with Gasteiger partial charge in [0.15, 0.2) is 17.5 Å². The lowest BCUT2D eigenvalue weighted by molar-refractivity contribution is 0.194. The van der Waals surface area contributed by atoms with Crippen LogP contribution < -0.4 is 20.5 Å². The molecular weight excluding hydrogens is 443 g/mol. The number of guanidine groups is 1. The van der Waals surface area contributed by atoms with E-state index >= 15 is 0 Å². The van der Waals surface area contributed by atoms with Gasteiger partial charge in [-0.3, -0.25) is 0 Å². The zero-order valence-electron chi connectivity index (χ0n) is 16.2. The van der Waals surface area contributed by atoms with Gasteiger partial charge in [0.1, 0.15) is 0 Å². The van der Waals surface area contributed by atoms with E-state index in [0.29, 0.717) is 24.0 Å². The average molecular weight is 476 g/mol. The second kappa shape index (κ2) is 12.2. The molecule has 0 saturated heterocycles. The molecule has 148 valence electrons. The van der Waals surface area contributed by atoms with E-state index < -0.39 is 0 Å². The molecular formula is C19H33IN4O2. The number of aliphatic imine (C=N–C) groups is 1. The predicted octanol–water partition coefficient (Wildman–Crippen LogP) is 2.99. The lowest BCUT2D eigenvalue weighted by atomic mass is 9.94. The summed E-state index contributed by atoms with van der Waals surface area (Å²) < 4.78 is 10.5. The minimum absolute atomic E-state index is 0. The fourth-order valence-electron chi connectivity index (χ4n) is 3.28. The van der Waals surface area contributed by atoms with Gasteiger partial charge in [0, 0.05) is 19.1 Å². The van der Waals surface area contributed by atoms with E-state index in [-0.39, 0.29) is 24.0 Å². The number of nitrogens with one attached hydrogen (secondary N) is 1. The number of nitrogens with zero attached hydrogens (tertiary/aromatic N) is 2. The molecule has 2 rings (SSSR count). The van der Waals surface area contributed by atoms with Crippen LogP contribution in [0, 0.1) is 0 Å². The van der Waals surface area contributed by atoms with Gasteiger partial charge >= 0.3 is 0 Å². The van der Waals surface area contributed by atoms with Crippen molar-refractivity contribution in [3.63, 3.8) is 0 Å². The molecule has 0 radical (unpaired) electrons. The molecule has 1 aliphatic rings. The molecule has 3 N–H and O–H groups in total. The fraction of sp³-hybridized carbons (Fsp3) is 0.632. The summed E-state index contributed by atoms with van der Waals surface area (Å²) in [6.45, 7) is 2.31. The van der Waals surface area contributed by atoms with E-state index in [1.54, 1.807) is 14.2 Å². The Morgan fingerprint density at radius 2 is 1.88 bits per heavy atom. The highest BCUT2D eigenvalue weighted by Gasteiger charge is 2.17. The molecule has 0 amide bonds. The minimum atomic E-state index is 0. The van der Waals surface area contributed by atoms with Gasteiger partial charge in [-0.1, -0.05) is 25.3 Å². The zero-order chi connectivity index (χ0) is 18.1. The highest BCUT2D eigenvalue weighted by molar-refractivity contribution is 14.0. The van der Waals surface area contributed by atoms with Gasteiger partial charge in [0.05, 0.1) is 20.8 Å². The molecule has 7 heteroatoms. The van der Waals surface area contributed by atoms with Gasteiger partial charge in [-0.05, 0) is 37.6 Å². The Morgan fingerprint density at radius 3 is 2.54 bits per heavy atom. The Hall–Kier alpha value is -1.22. The van der Waals surface area contributed by atoms with E-state index in [1.807, 2.05) is 18.2 Å². The van der Waals surface area contributed by atoms with Crippen molar-refractivity contribution in [1.29, 1.82) is 0 Å². The van der Waals surface area contributed by atoms with Gasteiger partial charge in [-0.25, -0.2) is 4.99 Å². The zero-order valence-corrected chi connectivity index (χ0v) is 18.5. The van der Waals surface area contributed by atoms with Gasteiger partial charge in [0.2, 0.25) is 0 Å². The Kier molecular flexibility index (Phi) is 10.7. The van der Waals surface area contributed by atoms with Crippen LogP contribution in [-0.4, -0.2) is 51.3 Å². The Labute approximate surface area is 174 Å². The van der Waals surface area contributed by atoms with E-state index in [9.17, 15) is 0 Å². The second-order valence-electron chi connectivity index (χ2n) is 6.59. The molecule has 0 aliphatic heterocycles. The van der Waals surface area contributed by atoms with Crippen LogP contribution in [0.15, 0.2) is 23.2 Å². The number of rotatable bonds is 8. The first-order valence-corrected chi connectivity index (χ1v) is 9.09. The number of nitrogens with two attached hydrogens (primary N) is 1. The van der Waals surface area contributed by atoms with Gasteiger partial charge < -0.3 is 25.4 Å². The number of ether oxygens (including phenoxy) is 2. The smallest absolute Gasteiger partial charge is 0.188 e. The first-order valence-electron chi connectivity index (χ1n) is 9.09. The van der Waals surface area contributed by atoms with Crippen LogP contribution in [0.5, 0.6) is 11.5 Å². The van der Waals surface area contributed by atoms with Crippen LogP contribution in [0.1, 0.15) is 37.7 Å². The van der Waals surface area contributed by atoms with Crippen LogP contribution >= 0.6 is 24.0 Å². The van der Waals surface area contributed by atoms with Crippen LogP contribution in [0.3, 0.4) is 0 Å². The summed E-state index contributed by atoms with van der Waals surface area (Å²) in [5, 5.41) is 3.20. The molecule has 0 heterocycles. The lowest BCUT2D eigenvalue weighted by Crippen LogP contribution is -2.41. The van der Waals surface area contributed by atoms with Crippen molar-refractivity contribution in [2.75, 3.05) is 34.4 Å². The first kappa shape index (κ1) is 22.8. The fourth-order valence-corrected chi connectivity index (χ4v) is 3.28. The first-order chi connectivity index (χ1) is 12.1. The molecule has 0 atom stereocenters. The van der Waals surface area contributed by atoms with E-state index in [4.69, 9.17) is 15.2 Å². The van der Waals surface area contributed by atoms with Crippen molar-refractivity contribution in [3.8, 4) is 11.5 Å². The van der Waals surface area contributed by atoms with Crippen LogP contribution in [0.2, 0.25) is 0 Å². The third kappa shape index (κ3) is 7.19. The Morgan fingerprint density at radius 1 is 1.19 bits per heavy atom. The Balaban J connectivity index is 0.00000338. The SMILES string of the molecule is COc1ccc(CN=C(N)NCCN(C)C2CCCCC2)cc1OC.I. The lowest BCUT2D eigenvalue weighted by Gasteiger charge is -2.31. The molecule has 1 fully saturated rings. The number of methoxy groups -OCH3 is 2. The summed E-state index contributed by atoms with van der Waals surface area (Å²) in [5.41, 5.74) is 7.01.